The molecule has 0 saturated heterocycles. The molecular formula is C19H17N5O5S2. The Labute approximate surface area is 184 Å². The predicted molar refractivity (Wildman–Crippen MR) is 118 cm³/mol. The number of nitrogens with one attached hydrogen (secondary N) is 3. The number of anilines is 3. The normalized spacial score (nSPS) is 12.3. The number of amides is 2. The molecule has 0 aliphatic carbocycles. The first-order valence-corrected chi connectivity index (χ1v) is 10.9. The summed E-state index contributed by atoms with van der Waals surface area (Å²) in [7, 11) is 0. The van der Waals surface area contributed by atoms with Gasteiger partial charge >= 0.3 is 0 Å². The first kappa shape index (κ1) is 20.8. The molecule has 12 heteroatoms. The molecule has 0 atom stereocenters. The molecule has 0 radical (unpaired) electrons. The van der Waals surface area contributed by atoms with Crippen molar-refractivity contribution in [2.75, 3.05) is 35.3 Å². The molecule has 5 N–H and O–H groups in total. The van der Waals surface area contributed by atoms with E-state index in [9.17, 15) is 14.4 Å². The summed E-state index contributed by atoms with van der Waals surface area (Å²) in [5.74, 6) is 0.282. The Hall–Kier alpha value is -3.51. The number of nitrogens with two attached hydrogens (primary N) is 1. The van der Waals surface area contributed by atoms with Gasteiger partial charge in [-0.05, 0) is 23.6 Å². The molecule has 0 saturated carbocycles. The largest absolute Gasteiger partial charge is 0.486 e. The van der Waals surface area contributed by atoms with Crippen LogP contribution in [0.2, 0.25) is 0 Å². The lowest BCUT2D eigenvalue weighted by Gasteiger charge is -2.19. The van der Waals surface area contributed by atoms with Gasteiger partial charge in [0, 0.05) is 11.8 Å². The molecular weight excluding hydrogens is 442 g/mol. The Morgan fingerprint density at radius 2 is 2.00 bits per heavy atom. The van der Waals surface area contributed by atoms with Gasteiger partial charge in [0.15, 0.2) is 28.2 Å². The maximum Gasteiger partial charge on any atom is 0.277 e. The monoisotopic (exact) mass is 459 g/mol. The van der Waals surface area contributed by atoms with Crippen molar-refractivity contribution >= 4 is 52.1 Å². The summed E-state index contributed by atoms with van der Waals surface area (Å²) < 4.78 is 10.9. The number of nitrogen functional groups attached to an aromatic ring is 1. The van der Waals surface area contributed by atoms with Gasteiger partial charge in [0.05, 0.1) is 10.6 Å². The highest BCUT2D eigenvalue weighted by Crippen LogP contribution is 2.32. The molecule has 0 fully saturated rings. The lowest BCUT2D eigenvalue weighted by atomic mass is 10.2. The number of carbonyl (C=O) groups excluding carboxylic acids is 2. The van der Waals surface area contributed by atoms with E-state index in [0.29, 0.717) is 35.3 Å². The zero-order valence-corrected chi connectivity index (χ0v) is 17.6. The second kappa shape index (κ2) is 9.10. The lowest BCUT2D eigenvalue weighted by molar-refractivity contribution is -0.113. The Balaban J connectivity index is 1.36. The van der Waals surface area contributed by atoms with Crippen molar-refractivity contribution in [2.24, 2.45) is 0 Å². The molecule has 10 nitrogen and oxygen atoms in total. The number of H-pyrrole nitrogens is 1. The fraction of sp³-hybridized carbons (Fsp3) is 0.158. The average Bonchev–Trinajstić information content (AvgIpc) is 3.30. The van der Waals surface area contributed by atoms with Gasteiger partial charge in [-0.2, -0.15) is 0 Å². The minimum absolute atomic E-state index is 0.0161. The quantitative estimate of drug-likeness (QED) is 0.324. The van der Waals surface area contributed by atoms with Crippen molar-refractivity contribution < 1.29 is 19.1 Å². The molecule has 1 aromatic carbocycles. The van der Waals surface area contributed by atoms with E-state index in [1.165, 1.54) is 11.3 Å². The third kappa shape index (κ3) is 4.98. The highest BCUT2D eigenvalue weighted by atomic mass is 32.2. The van der Waals surface area contributed by atoms with Crippen LogP contribution in [-0.2, 0) is 4.79 Å². The van der Waals surface area contributed by atoms with Gasteiger partial charge in [0.25, 0.3) is 11.5 Å². The van der Waals surface area contributed by atoms with Crippen LogP contribution in [0.25, 0.3) is 0 Å². The summed E-state index contributed by atoms with van der Waals surface area (Å²) in [6.45, 7) is 0.935. The molecule has 31 heavy (non-hydrogen) atoms. The van der Waals surface area contributed by atoms with Crippen LogP contribution in [0, 0.1) is 0 Å². The number of ether oxygens (including phenoxy) is 2. The van der Waals surface area contributed by atoms with E-state index in [0.717, 1.165) is 11.8 Å². The third-order valence-corrected chi connectivity index (χ3v) is 5.82. The molecule has 3 heterocycles. The van der Waals surface area contributed by atoms with Gasteiger partial charge in [-0.3, -0.25) is 19.4 Å². The van der Waals surface area contributed by atoms with Gasteiger partial charge in [-0.15, -0.1) is 11.3 Å². The summed E-state index contributed by atoms with van der Waals surface area (Å²) in [6.07, 6.45) is 0. The first-order valence-electron chi connectivity index (χ1n) is 9.06. The number of hydrogen-bond acceptors (Lipinski definition) is 9. The molecule has 0 spiro atoms. The van der Waals surface area contributed by atoms with E-state index in [1.807, 2.05) is 0 Å². The standard InChI is InChI=1S/C19H17N5O5S2/c20-16-15(22-17(26)13-2-1-7-30-13)18(27)24-19(23-16)31-9-14(25)21-10-3-4-11-12(8-10)29-6-5-28-11/h1-4,7-8H,5-6,9H2,(H,21,25)(H,22,26)(H3,20,23,24,27). The van der Waals surface area contributed by atoms with Crippen LogP contribution < -0.4 is 31.4 Å². The number of benzene rings is 1. The number of thioether (sulfide) groups is 1. The molecule has 1 aliphatic heterocycles. The van der Waals surface area contributed by atoms with E-state index in [4.69, 9.17) is 15.2 Å². The van der Waals surface area contributed by atoms with Crippen LogP contribution >= 0.6 is 23.1 Å². The van der Waals surface area contributed by atoms with E-state index in [1.54, 1.807) is 35.7 Å². The Kier molecular flexibility index (Phi) is 6.09. The van der Waals surface area contributed by atoms with Crippen LogP contribution in [0.5, 0.6) is 11.5 Å². The second-order valence-electron chi connectivity index (χ2n) is 6.26. The maximum atomic E-state index is 12.3. The maximum absolute atomic E-state index is 12.3. The summed E-state index contributed by atoms with van der Waals surface area (Å²) in [5.41, 5.74) is 5.65. The van der Waals surface area contributed by atoms with Crippen molar-refractivity contribution in [1.29, 1.82) is 0 Å². The average molecular weight is 460 g/mol. The molecule has 3 aromatic rings. The molecule has 4 rings (SSSR count). The van der Waals surface area contributed by atoms with Crippen molar-refractivity contribution in [3.63, 3.8) is 0 Å². The minimum Gasteiger partial charge on any atom is -0.486 e. The molecule has 0 unspecified atom stereocenters. The van der Waals surface area contributed by atoms with Crippen molar-refractivity contribution in [3.8, 4) is 11.5 Å². The minimum atomic E-state index is -0.604. The summed E-state index contributed by atoms with van der Waals surface area (Å²) in [4.78, 5) is 43.7. The fourth-order valence-corrected chi connectivity index (χ4v) is 3.98. The van der Waals surface area contributed by atoms with Gasteiger partial charge < -0.3 is 25.8 Å². The second-order valence-corrected chi connectivity index (χ2v) is 8.17. The van der Waals surface area contributed by atoms with Crippen LogP contribution in [0.3, 0.4) is 0 Å². The number of aromatic nitrogens is 2. The van der Waals surface area contributed by atoms with Crippen molar-refractivity contribution in [2.45, 2.75) is 5.16 Å². The van der Waals surface area contributed by atoms with Crippen LogP contribution in [0.15, 0.2) is 45.7 Å². The summed E-state index contributed by atoms with van der Waals surface area (Å²) >= 11 is 2.24. The van der Waals surface area contributed by atoms with Crippen LogP contribution in [-0.4, -0.2) is 40.7 Å². The van der Waals surface area contributed by atoms with Crippen LogP contribution in [0.4, 0.5) is 17.2 Å². The number of aromatic amines is 1. The summed E-state index contributed by atoms with van der Waals surface area (Å²) in [5, 5.41) is 7.11. The number of carbonyl (C=O) groups is 2. The number of rotatable bonds is 6. The number of thiophene rings is 1. The van der Waals surface area contributed by atoms with Crippen molar-refractivity contribution in [3.05, 3.63) is 50.9 Å². The topological polar surface area (TPSA) is 148 Å². The van der Waals surface area contributed by atoms with Crippen LogP contribution in [0.1, 0.15) is 9.67 Å². The van der Waals surface area contributed by atoms with Gasteiger partial charge in [0.2, 0.25) is 5.91 Å². The number of fused-ring (bicyclic) bond motifs is 1. The number of hydrogen-bond donors (Lipinski definition) is 4. The van der Waals surface area contributed by atoms with E-state index in [-0.39, 0.29) is 28.3 Å². The molecule has 160 valence electrons. The highest BCUT2D eigenvalue weighted by molar-refractivity contribution is 7.99. The Morgan fingerprint density at radius 1 is 1.19 bits per heavy atom. The zero-order valence-electron chi connectivity index (χ0n) is 16.0. The molecule has 0 bridgehead atoms. The van der Waals surface area contributed by atoms with E-state index in [2.05, 4.69) is 20.6 Å². The van der Waals surface area contributed by atoms with Gasteiger partial charge in [-0.25, -0.2) is 4.98 Å². The lowest BCUT2D eigenvalue weighted by Crippen LogP contribution is -2.23. The molecule has 1 aliphatic rings. The first-order chi connectivity index (χ1) is 15.0. The SMILES string of the molecule is Nc1nc(SCC(=O)Nc2ccc3c(c2)OCCO3)[nH]c(=O)c1NC(=O)c1cccs1. The van der Waals surface area contributed by atoms with E-state index < -0.39 is 11.5 Å². The number of nitrogens with zero attached hydrogens (tertiary/aromatic N) is 1. The van der Waals surface area contributed by atoms with Gasteiger partial charge in [-0.1, -0.05) is 17.8 Å². The molecule has 2 amide bonds. The summed E-state index contributed by atoms with van der Waals surface area (Å²) in [6, 6.07) is 8.46. The zero-order chi connectivity index (χ0) is 21.8. The van der Waals surface area contributed by atoms with E-state index >= 15 is 0 Å². The Bertz CT molecular complexity index is 1180. The Morgan fingerprint density at radius 3 is 2.74 bits per heavy atom. The van der Waals surface area contributed by atoms with Gasteiger partial charge in [0.1, 0.15) is 13.2 Å². The fourth-order valence-electron chi connectivity index (χ4n) is 2.69. The van der Waals surface area contributed by atoms with Crippen molar-refractivity contribution in [1.82, 2.24) is 9.97 Å². The molecule has 2 aromatic heterocycles. The predicted octanol–water partition coefficient (Wildman–Crippen LogP) is 2.17. The third-order valence-electron chi connectivity index (χ3n) is 4.08. The highest BCUT2D eigenvalue weighted by Gasteiger charge is 2.16. The smallest absolute Gasteiger partial charge is 0.277 e.